The molecule has 2 saturated heterocycles. The van der Waals surface area contributed by atoms with E-state index < -0.39 is 16.0 Å². The molecule has 2 aliphatic rings. The molecule has 0 radical (unpaired) electrons. The first-order valence-corrected chi connectivity index (χ1v) is 13.4. The number of aromatic nitrogens is 1. The smallest absolute Gasteiger partial charge is 0.339 e. The van der Waals surface area contributed by atoms with Crippen LogP contribution in [-0.2, 0) is 10.0 Å². The Morgan fingerprint density at radius 1 is 1.06 bits per heavy atom. The van der Waals surface area contributed by atoms with Gasteiger partial charge in [-0.3, -0.25) is 4.72 Å². The lowest BCUT2D eigenvalue weighted by Gasteiger charge is -2.36. The van der Waals surface area contributed by atoms with Gasteiger partial charge in [0.2, 0.25) is 0 Å². The fourth-order valence-corrected chi connectivity index (χ4v) is 6.44. The van der Waals surface area contributed by atoms with Crippen LogP contribution >= 0.6 is 0 Å². The van der Waals surface area contributed by atoms with Gasteiger partial charge in [-0.05, 0) is 94.3 Å². The molecule has 2 N–H and O–H groups in total. The van der Waals surface area contributed by atoms with Gasteiger partial charge in [0.1, 0.15) is 11.4 Å². The molecule has 184 valence electrons. The van der Waals surface area contributed by atoms with Crippen molar-refractivity contribution in [3.63, 3.8) is 0 Å². The summed E-state index contributed by atoms with van der Waals surface area (Å²) in [7, 11) is -3.89. The highest BCUT2D eigenvalue weighted by Gasteiger charge is 2.28. The van der Waals surface area contributed by atoms with E-state index in [0.717, 1.165) is 56.7 Å². The summed E-state index contributed by atoms with van der Waals surface area (Å²) in [6.07, 6.45) is 6.03. The number of aromatic carboxylic acids is 1. The van der Waals surface area contributed by atoms with E-state index in [0.29, 0.717) is 17.3 Å². The van der Waals surface area contributed by atoms with Gasteiger partial charge in [0, 0.05) is 19.6 Å². The first-order valence-electron chi connectivity index (χ1n) is 12.0. The Hall–Kier alpha value is -2.65. The second-order valence-electron chi connectivity index (χ2n) is 9.67. The van der Waals surface area contributed by atoms with E-state index in [1.165, 1.54) is 25.1 Å². The average Bonchev–Trinajstić information content (AvgIpc) is 3.29. The summed E-state index contributed by atoms with van der Waals surface area (Å²) in [5.74, 6) is -0.238. The maximum absolute atomic E-state index is 13.1. The zero-order valence-corrected chi connectivity index (χ0v) is 21.0. The summed E-state index contributed by atoms with van der Waals surface area (Å²) in [6, 6.07) is 4.85. The lowest BCUT2D eigenvalue weighted by atomic mass is 9.97. The van der Waals surface area contributed by atoms with Crippen molar-refractivity contribution in [2.45, 2.75) is 51.3 Å². The van der Waals surface area contributed by atoms with Crippen molar-refractivity contribution in [3.8, 4) is 0 Å². The van der Waals surface area contributed by atoms with E-state index in [1.54, 1.807) is 13.0 Å². The number of sulfonamides is 1. The molecule has 0 amide bonds. The lowest BCUT2D eigenvalue weighted by molar-refractivity contribution is 0.0697. The molecule has 0 spiro atoms. The Labute approximate surface area is 202 Å². The molecule has 2 aromatic rings. The molecule has 9 heteroatoms. The van der Waals surface area contributed by atoms with Gasteiger partial charge in [-0.25, -0.2) is 18.2 Å². The van der Waals surface area contributed by atoms with Crippen LogP contribution in [0.15, 0.2) is 29.3 Å². The molecule has 0 unspecified atom stereocenters. The molecule has 3 heterocycles. The standard InChI is InChI=1S/C25H34N4O4S/c1-17-11-19(3)23(12-18(17)2)34(32,33)27-21-13-22(25(30)31)24(26-14-21)29-10-6-7-20(16-29)15-28-8-4-5-9-28/h11-14,20,27H,4-10,15-16H2,1-3H3,(H,30,31)/t20-/m1/s1. The number of benzene rings is 1. The quantitative estimate of drug-likeness (QED) is 0.613. The first kappa shape index (κ1) is 24.5. The Bertz CT molecular complexity index is 1180. The topological polar surface area (TPSA) is 103 Å². The fourth-order valence-electron chi connectivity index (χ4n) is 5.09. The zero-order valence-electron chi connectivity index (χ0n) is 20.2. The number of pyridine rings is 1. The maximum atomic E-state index is 13.1. The summed E-state index contributed by atoms with van der Waals surface area (Å²) in [6.45, 7) is 10.4. The second-order valence-corrected chi connectivity index (χ2v) is 11.3. The van der Waals surface area contributed by atoms with Gasteiger partial charge < -0.3 is 14.9 Å². The average molecular weight is 487 g/mol. The fraction of sp³-hybridized carbons (Fsp3) is 0.520. The summed E-state index contributed by atoms with van der Waals surface area (Å²) >= 11 is 0. The van der Waals surface area contributed by atoms with Crippen LogP contribution in [0.2, 0.25) is 0 Å². The predicted molar refractivity (Wildman–Crippen MR) is 133 cm³/mol. The predicted octanol–water partition coefficient (Wildman–Crippen LogP) is 3.82. The third-order valence-corrected chi connectivity index (χ3v) is 8.49. The number of carboxylic acid groups (broad SMARTS) is 1. The molecule has 34 heavy (non-hydrogen) atoms. The number of anilines is 2. The third-order valence-electron chi connectivity index (χ3n) is 6.96. The van der Waals surface area contributed by atoms with Gasteiger partial charge in [0.05, 0.1) is 16.8 Å². The molecule has 1 atom stereocenters. The van der Waals surface area contributed by atoms with E-state index in [1.807, 2.05) is 24.8 Å². The van der Waals surface area contributed by atoms with Gasteiger partial charge in [0.25, 0.3) is 10.0 Å². The van der Waals surface area contributed by atoms with Crippen molar-refractivity contribution in [2.24, 2.45) is 5.92 Å². The lowest BCUT2D eigenvalue weighted by Crippen LogP contribution is -2.41. The summed E-state index contributed by atoms with van der Waals surface area (Å²) in [5, 5.41) is 9.89. The van der Waals surface area contributed by atoms with Crippen molar-refractivity contribution >= 4 is 27.5 Å². The van der Waals surface area contributed by atoms with Crippen LogP contribution in [0, 0.1) is 26.7 Å². The molecule has 0 aliphatic carbocycles. The number of hydrogen-bond donors (Lipinski definition) is 2. The Kier molecular flexibility index (Phi) is 7.14. The number of carboxylic acids is 1. The summed E-state index contributed by atoms with van der Waals surface area (Å²) in [5.41, 5.74) is 2.68. The molecule has 2 aliphatic heterocycles. The number of nitrogens with zero attached hydrogens (tertiary/aromatic N) is 3. The van der Waals surface area contributed by atoms with Gasteiger partial charge in [-0.2, -0.15) is 0 Å². The van der Waals surface area contributed by atoms with Crippen molar-refractivity contribution in [1.29, 1.82) is 0 Å². The number of rotatable bonds is 7. The second kappa shape index (κ2) is 9.92. The number of hydrogen-bond acceptors (Lipinski definition) is 6. The van der Waals surface area contributed by atoms with Crippen LogP contribution in [0.1, 0.15) is 52.7 Å². The Balaban J connectivity index is 1.56. The minimum Gasteiger partial charge on any atom is -0.478 e. The number of nitrogens with one attached hydrogen (secondary N) is 1. The molecular weight excluding hydrogens is 452 g/mol. The van der Waals surface area contributed by atoms with Crippen molar-refractivity contribution in [1.82, 2.24) is 9.88 Å². The Morgan fingerprint density at radius 3 is 2.47 bits per heavy atom. The number of aryl methyl sites for hydroxylation is 3. The first-order chi connectivity index (χ1) is 16.1. The molecule has 0 saturated carbocycles. The number of likely N-dealkylation sites (tertiary alicyclic amines) is 1. The van der Waals surface area contributed by atoms with E-state index in [-0.39, 0.29) is 16.1 Å². The molecule has 4 rings (SSSR count). The molecule has 8 nitrogen and oxygen atoms in total. The van der Waals surface area contributed by atoms with E-state index in [4.69, 9.17) is 0 Å². The molecule has 1 aromatic heterocycles. The van der Waals surface area contributed by atoms with Gasteiger partial charge in [-0.1, -0.05) is 6.07 Å². The molecule has 0 bridgehead atoms. The monoisotopic (exact) mass is 486 g/mol. The van der Waals surface area contributed by atoms with Crippen molar-refractivity contribution in [2.75, 3.05) is 42.3 Å². The van der Waals surface area contributed by atoms with Crippen LogP contribution in [0.5, 0.6) is 0 Å². The zero-order chi connectivity index (χ0) is 24.5. The minimum absolute atomic E-state index is 0.0128. The highest BCUT2D eigenvalue weighted by atomic mass is 32.2. The van der Waals surface area contributed by atoms with Crippen LogP contribution < -0.4 is 9.62 Å². The van der Waals surface area contributed by atoms with Crippen molar-refractivity contribution in [3.05, 3.63) is 46.6 Å². The van der Waals surface area contributed by atoms with Gasteiger partial charge in [-0.15, -0.1) is 0 Å². The highest BCUT2D eigenvalue weighted by Crippen LogP contribution is 2.29. The minimum atomic E-state index is -3.89. The van der Waals surface area contributed by atoms with Crippen LogP contribution in [-0.4, -0.2) is 62.1 Å². The highest BCUT2D eigenvalue weighted by molar-refractivity contribution is 7.92. The SMILES string of the molecule is Cc1cc(C)c(S(=O)(=O)Nc2cnc(N3CCC[C@H](CN4CCCC4)C3)c(C(=O)O)c2)cc1C. The summed E-state index contributed by atoms with van der Waals surface area (Å²) in [4.78, 5) is 21.2. The van der Waals surface area contributed by atoms with E-state index in [9.17, 15) is 18.3 Å². The van der Waals surface area contributed by atoms with E-state index in [2.05, 4.69) is 14.6 Å². The number of piperidine rings is 1. The van der Waals surface area contributed by atoms with Crippen LogP contribution in [0.3, 0.4) is 0 Å². The van der Waals surface area contributed by atoms with Crippen LogP contribution in [0.4, 0.5) is 11.5 Å². The molecule has 2 fully saturated rings. The largest absolute Gasteiger partial charge is 0.478 e. The van der Waals surface area contributed by atoms with Gasteiger partial charge >= 0.3 is 5.97 Å². The normalized spacial score (nSPS) is 19.4. The Morgan fingerprint density at radius 2 is 1.76 bits per heavy atom. The number of carbonyl (C=O) groups is 1. The molecular formula is C25H34N4O4S. The third kappa shape index (κ3) is 5.36. The summed E-state index contributed by atoms with van der Waals surface area (Å²) < 4.78 is 28.6. The van der Waals surface area contributed by atoms with Gasteiger partial charge in [0.15, 0.2) is 0 Å². The maximum Gasteiger partial charge on any atom is 0.339 e. The van der Waals surface area contributed by atoms with Crippen molar-refractivity contribution < 1.29 is 18.3 Å². The van der Waals surface area contributed by atoms with Crippen LogP contribution in [0.25, 0.3) is 0 Å². The molecule has 1 aromatic carbocycles. The van der Waals surface area contributed by atoms with E-state index >= 15 is 0 Å².